The molecule has 1 aromatic carbocycles. The number of aromatic nitrogens is 4. The Morgan fingerprint density at radius 3 is 2.61 bits per heavy atom. The lowest BCUT2D eigenvalue weighted by Gasteiger charge is -2.50. The maximum absolute atomic E-state index is 13.3. The molecule has 51 heavy (non-hydrogen) atoms. The largest absolute Gasteiger partial charge is 0.543 e. The van der Waals surface area contributed by atoms with Gasteiger partial charge >= 0.3 is 0 Å². The average molecular weight is 753 g/mol. The number of nitrogens with one attached hydrogen (secondary N) is 2. The Balaban J connectivity index is 1.03. The molecule has 2 atom stereocenters. The Morgan fingerprint density at radius 1 is 1.16 bits per heavy atom. The molecule has 3 aromatic heterocycles. The first-order chi connectivity index (χ1) is 24.6. The number of imidazole rings is 1. The van der Waals surface area contributed by atoms with Crippen molar-refractivity contribution in [3.05, 3.63) is 81.3 Å². The summed E-state index contributed by atoms with van der Waals surface area (Å²) >= 11 is 8.44. The molecule has 0 spiro atoms. The summed E-state index contributed by atoms with van der Waals surface area (Å²) in [4.78, 5) is 61.6. The smallest absolute Gasteiger partial charge is 0.276 e. The summed E-state index contributed by atoms with van der Waals surface area (Å²) in [5.41, 5.74) is 11.2. The van der Waals surface area contributed by atoms with Gasteiger partial charge in [0.1, 0.15) is 28.6 Å². The number of rotatable bonds is 11. The molecule has 3 aliphatic heterocycles. The van der Waals surface area contributed by atoms with Crippen LogP contribution in [0.3, 0.4) is 0 Å². The number of hydrogen-bond donors (Lipinski definition) is 3. The van der Waals surface area contributed by atoms with Gasteiger partial charge in [0.15, 0.2) is 29.2 Å². The molecule has 3 amide bonds. The van der Waals surface area contributed by atoms with E-state index >= 15 is 0 Å². The standard InChI is InChI=1S/C32H33ClN10O6S2/c1-49-38-23(22-26(33)51-32(34)36-22)28(45)35-24-29(46)43-25(31(47)48)20(17-50-30(24)43)16-41-12-9-21-39(13-14-42(21)41)15-18-5-7-19(8-6-18)27(44)37-40-10-3-2-4-11-40/h5-9,12-14,24,30H,2-4,10-11,15-17H2,1H3,(H4-,34,35,36,37,44,45,47,48)/b38-23-/t24-,30-/m1/s1. The predicted octanol–water partition coefficient (Wildman–Crippen LogP) is 0.354. The van der Waals surface area contributed by atoms with E-state index in [2.05, 4.69) is 20.9 Å². The van der Waals surface area contributed by atoms with Crippen LogP contribution >= 0.6 is 34.7 Å². The maximum atomic E-state index is 13.3. The lowest BCUT2D eigenvalue weighted by molar-refractivity contribution is -0.753. The Kier molecular flexibility index (Phi) is 9.73. The molecule has 6 heterocycles. The van der Waals surface area contributed by atoms with Crippen LogP contribution in [0.5, 0.6) is 0 Å². The number of aliphatic carboxylic acids is 1. The second-order valence-corrected chi connectivity index (χ2v) is 14.9. The van der Waals surface area contributed by atoms with Gasteiger partial charge in [-0.05, 0) is 30.5 Å². The number of nitrogen functional groups attached to an aromatic ring is 1. The summed E-state index contributed by atoms with van der Waals surface area (Å²) in [6, 6.07) is 8.39. The van der Waals surface area contributed by atoms with Crippen LogP contribution in [-0.4, -0.2) is 90.7 Å². The molecule has 7 rings (SSSR count). The van der Waals surface area contributed by atoms with Crippen LogP contribution < -0.4 is 26.3 Å². The number of carboxylic acid groups (broad SMARTS) is 1. The normalized spacial score (nSPS) is 19.5. The number of carbonyl (C=O) groups excluding carboxylic acids is 4. The van der Waals surface area contributed by atoms with Crippen LogP contribution in [-0.2, 0) is 32.3 Å². The molecule has 0 saturated carbocycles. The number of nitrogens with two attached hydrogens (primary N) is 1. The summed E-state index contributed by atoms with van der Waals surface area (Å²) in [6.45, 7) is 2.45. The van der Waals surface area contributed by atoms with Gasteiger partial charge in [0.05, 0.1) is 23.9 Å². The quantitative estimate of drug-likeness (QED) is 0.0833. The number of carboxylic acids is 1. The fraction of sp³-hybridized carbons (Fsp3) is 0.344. The van der Waals surface area contributed by atoms with E-state index in [0.29, 0.717) is 17.7 Å². The number of hydrazine groups is 1. The number of oxime groups is 1. The first-order valence-electron chi connectivity index (χ1n) is 16.1. The Labute approximate surface area is 304 Å². The molecule has 4 N–H and O–H groups in total. The topological polar surface area (TPSA) is 196 Å². The van der Waals surface area contributed by atoms with E-state index in [-0.39, 0.29) is 44.8 Å². The molecule has 0 bridgehead atoms. The molecular weight excluding hydrogens is 720 g/mol. The van der Waals surface area contributed by atoms with Crippen molar-refractivity contribution in [2.75, 3.05) is 31.7 Å². The van der Waals surface area contributed by atoms with E-state index in [4.69, 9.17) is 22.2 Å². The van der Waals surface area contributed by atoms with Crippen molar-refractivity contribution in [2.45, 2.75) is 43.8 Å². The van der Waals surface area contributed by atoms with Gasteiger partial charge in [-0.25, -0.2) is 9.99 Å². The van der Waals surface area contributed by atoms with E-state index < -0.39 is 29.2 Å². The molecule has 0 radical (unpaired) electrons. The van der Waals surface area contributed by atoms with Crippen molar-refractivity contribution < 1.29 is 33.8 Å². The summed E-state index contributed by atoms with van der Waals surface area (Å²) in [7, 11) is 1.24. The zero-order valence-electron chi connectivity index (χ0n) is 27.3. The van der Waals surface area contributed by atoms with Gasteiger partial charge in [-0.15, -0.1) is 21.0 Å². The summed E-state index contributed by atoms with van der Waals surface area (Å²) < 4.78 is 5.90. The van der Waals surface area contributed by atoms with E-state index in [1.165, 1.54) is 25.3 Å². The summed E-state index contributed by atoms with van der Waals surface area (Å²) in [6.07, 6.45) is 8.97. The molecule has 3 aliphatic rings. The van der Waals surface area contributed by atoms with Gasteiger partial charge in [-0.1, -0.05) is 46.6 Å². The third-order valence-corrected chi connectivity index (χ3v) is 11.3. The fourth-order valence-electron chi connectivity index (χ4n) is 6.42. The Morgan fingerprint density at radius 2 is 1.92 bits per heavy atom. The fourth-order valence-corrected chi connectivity index (χ4v) is 8.69. The SMILES string of the molecule is CO/N=C(\C(=O)N[C@@H]1C(=O)N2C(C(=O)[O-])=C(C[n+]3ccc4n(Cc5ccc(C(=O)NN6CCCCC6)cc5)ccn43)CS[C@H]12)c1nc(N)sc1Cl. The number of thioether (sulfide) groups is 1. The molecule has 4 aromatic rings. The van der Waals surface area contributed by atoms with Gasteiger partial charge in [0.25, 0.3) is 17.7 Å². The number of hydrogen-bond acceptors (Lipinski definition) is 12. The number of benzene rings is 1. The van der Waals surface area contributed by atoms with E-state index in [0.717, 1.165) is 53.4 Å². The maximum Gasteiger partial charge on any atom is 0.276 e. The van der Waals surface area contributed by atoms with Gasteiger partial charge in [-0.2, -0.15) is 0 Å². The number of anilines is 1. The molecular formula is C32H33ClN10O6S2. The van der Waals surface area contributed by atoms with Gasteiger partial charge in [0, 0.05) is 42.7 Å². The number of fused-ring (bicyclic) bond motifs is 2. The van der Waals surface area contributed by atoms with E-state index in [1.807, 2.05) is 67.7 Å². The molecule has 2 fully saturated rings. The van der Waals surface area contributed by atoms with Crippen LogP contribution in [0.15, 0.2) is 65.3 Å². The van der Waals surface area contributed by atoms with E-state index in [1.54, 1.807) is 0 Å². The highest BCUT2D eigenvalue weighted by Gasteiger charge is 2.53. The predicted molar refractivity (Wildman–Crippen MR) is 186 cm³/mol. The van der Waals surface area contributed by atoms with E-state index in [9.17, 15) is 24.3 Å². The molecule has 0 aliphatic carbocycles. The second-order valence-electron chi connectivity index (χ2n) is 12.1. The van der Waals surface area contributed by atoms with Crippen molar-refractivity contribution in [1.29, 1.82) is 0 Å². The van der Waals surface area contributed by atoms with Gasteiger partial charge < -0.3 is 30.4 Å². The molecule has 266 valence electrons. The van der Waals surface area contributed by atoms with Crippen LogP contribution in [0.2, 0.25) is 4.34 Å². The second kappa shape index (κ2) is 14.4. The highest BCUT2D eigenvalue weighted by atomic mass is 35.5. The Hall–Kier alpha value is -4.91. The highest BCUT2D eigenvalue weighted by Crippen LogP contribution is 2.40. The molecule has 16 nitrogen and oxygen atoms in total. The minimum atomic E-state index is -1.49. The monoisotopic (exact) mass is 752 g/mol. The minimum absolute atomic E-state index is 0.00549. The number of nitrogens with zero attached hydrogens (tertiary/aromatic N) is 7. The van der Waals surface area contributed by atoms with Crippen molar-refractivity contribution in [2.24, 2.45) is 5.16 Å². The van der Waals surface area contributed by atoms with Crippen molar-refractivity contribution in [3.8, 4) is 0 Å². The zero-order valence-corrected chi connectivity index (χ0v) is 29.7. The number of amides is 3. The number of piperidine rings is 1. The van der Waals surface area contributed by atoms with Crippen molar-refractivity contribution in [1.82, 2.24) is 34.7 Å². The highest BCUT2D eigenvalue weighted by molar-refractivity contribution is 8.00. The first kappa shape index (κ1) is 34.5. The lowest BCUT2D eigenvalue weighted by Crippen LogP contribution is -2.71. The zero-order chi connectivity index (χ0) is 35.8. The first-order valence-corrected chi connectivity index (χ1v) is 18.3. The number of thiazole rings is 1. The molecule has 0 unspecified atom stereocenters. The van der Waals surface area contributed by atoms with Gasteiger partial charge in [0.2, 0.25) is 0 Å². The average Bonchev–Trinajstić information content (AvgIpc) is 3.81. The lowest BCUT2D eigenvalue weighted by atomic mass is 10.0. The third-order valence-electron chi connectivity index (χ3n) is 8.88. The third kappa shape index (κ3) is 6.78. The van der Waals surface area contributed by atoms with Crippen LogP contribution in [0.25, 0.3) is 5.65 Å². The van der Waals surface area contributed by atoms with Crippen LogP contribution in [0.4, 0.5) is 5.13 Å². The number of carbonyl (C=O) groups is 4. The van der Waals surface area contributed by atoms with Crippen LogP contribution in [0, 0.1) is 0 Å². The minimum Gasteiger partial charge on any atom is -0.543 e. The summed E-state index contributed by atoms with van der Waals surface area (Å²) in [5, 5.41) is 20.2. The van der Waals surface area contributed by atoms with Crippen LogP contribution in [0.1, 0.15) is 40.9 Å². The molecule has 2 saturated heterocycles. The Bertz CT molecular complexity index is 2080. The number of β-lactam (4-membered cyclic amide) rings is 1. The molecule has 19 heteroatoms. The summed E-state index contributed by atoms with van der Waals surface area (Å²) in [5.74, 6) is -2.72. The van der Waals surface area contributed by atoms with Crippen molar-refractivity contribution in [3.63, 3.8) is 0 Å². The number of halogens is 1. The van der Waals surface area contributed by atoms with Crippen molar-refractivity contribution >= 4 is 74.9 Å². The van der Waals surface area contributed by atoms with Gasteiger partial charge in [-0.3, -0.25) is 24.7 Å².